The van der Waals surface area contributed by atoms with Crippen molar-refractivity contribution in [3.63, 3.8) is 0 Å². The number of hydrogen-bond donors (Lipinski definition) is 4. The number of pyridine rings is 1. The minimum absolute atomic E-state index is 0.130. The van der Waals surface area contributed by atoms with Gasteiger partial charge in [-0.15, -0.1) is 0 Å². The molecule has 4 amide bonds. The molecular weight excluding hydrogens is 612 g/mol. The predicted molar refractivity (Wildman–Crippen MR) is 184 cm³/mol. The highest BCUT2D eigenvalue weighted by molar-refractivity contribution is 5.96. The molecule has 2 aromatic carbocycles. The van der Waals surface area contributed by atoms with Gasteiger partial charge in [0.15, 0.2) is 0 Å². The molecule has 0 spiro atoms. The first-order valence-corrected chi connectivity index (χ1v) is 16.5. The lowest BCUT2D eigenvalue weighted by Gasteiger charge is -2.32. The number of unbranched alkanes of at least 4 members (excludes halogenated alkanes) is 2. The maximum Gasteiger partial charge on any atom is 0.271 e. The molecular formula is C36H48N6O6. The van der Waals surface area contributed by atoms with E-state index in [0.717, 1.165) is 24.8 Å². The molecule has 1 heterocycles. The lowest BCUT2D eigenvalue weighted by molar-refractivity contribution is -0.200. The third-order valence-corrected chi connectivity index (χ3v) is 7.69. The van der Waals surface area contributed by atoms with Crippen molar-refractivity contribution in [1.29, 1.82) is 0 Å². The van der Waals surface area contributed by atoms with Crippen LogP contribution in [0.5, 0.6) is 5.75 Å². The van der Waals surface area contributed by atoms with Crippen molar-refractivity contribution in [2.24, 2.45) is 11.7 Å². The Morgan fingerprint density at radius 2 is 1.73 bits per heavy atom. The summed E-state index contributed by atoms with van der Waals surface area (Å²) in [4.78, 5) is 61.7. The third-order valence-electron chi connectivity index (χ3n) is 7.69. The van der Waals surface area contributed by atoms with Crippen molar-refractivity contribution in [1.82, 2.24) is 26.0 Å². The number of aromatic nitrogens is 1. The normalized spacial score (nSPS) is 12.0. The summed E-state index contributed by atoms with van der Waals surface area (Å²) in [5.74, 6) is -1.14. The van der Waals surface area contributed by atoms with Crippen molar-refractivity contribution in [3.05, 3.63) is 83.6 Å². The molecule has 0 fully saturated rings. The first-order chi connectivity index (χ1) is 23.3. The van der Waals surface area contributed by atoms with Crippen LogP contribution in [0.25, 0.3) is 11.3 Å². The van der Waals surface area contributed by atoms with Crippen LogP contribution in [-0.2, 0) is 21.0 Å². The van der Waals surface area contributed by atoms with Gasteiger partial charge in [-0.05, 0) is 55.7 Å². The Labute approximate surface area is 282 Å². The molecule has 3 rings (SSSR count). The third kappa shape index (κ3) is 11.5. The summed E-state index contributed by atoms with van der Waals surface area (Å²) >= 11 is 0. The molecule has 0 radical (unpaired) electrons. The predicted octanol–water partition coefficient (Wildman–Crippen LogP) is 4.20. The van der Waals surface area contributed by atoms with Gasteiger partial charge in [0.25, 0.3) is 11.8 Å². The van der Waals surface area contributed by atoms with E-state index >= 15 is 0 Å². The fourth-order valence-electron chi connectivity index (χ4n) is 5.25. The smallest absolute Gasteiger partial charge is 0.271 e. The van der Waals surface area contributed by atoms with Crippen LogP contribution < -0.4 is 26.4 Å². The van der Waals surface area contributed by atoms with Gasteiger partial charge in [-0.3, -0.25) is 24.0 Å². The molecule has 0 aliphatic carbocycles. The van der Waals surface area contributed by atoms with Gasteiger partial charge >= 0.3 is 0 Å². The van der Waals surface area contributed by atoms with E-state index in [1.54, 1.807) is 36.4 Å². The Hall–Kier alpha value is -4.81. The summed E-state index contributed by atoms with van der Waals surface area (Å²) in [6.45, 7) is 6.93. The quantitative estimate of drug-likeness (QED) is 0.0571. The molecule has 2 atom stereocenters. The highest BCUT2D eigenvalue weighted by atomic mass is 16.7. The van der Waals surface area contributed by atoms with E-state index in [9.17, 15) is 19.2 Å². The van der Waals surface area contributed by atoms with Gasteiger partial charge in [-0.2, -0.15) is 0 Å². The van der Waals surface area contributed by atoms with Crippen molar-refractivity contribution in [2.45, 2.75) is 65.5 Å². The number of benzene rings is 2. The number of ether oxygens (including phenoxy) is 1. The van der Waals surface area contributed by atoms with Crippen LogP contribution in [0.1, 0.15) is 79.3 Å². The lowest BCUT2D eigenvalue weighted by atomic mass is 9.90. The van der Waals surface area contributed by atoms with Gasteiger partial charge in [0.1, 0.15) is 18.1 Å². The van der Waals surface area contributed by atoms with E-state index in [1.807, 2.05) is 44.2 Å². The first kappa shape index (κ1) is 37.6. The summed E-state index contributed by atoms with van der Waals surface area (Å²) < 4.78 is 5.66. The van der Waals surface area contributed by atoms with Crippen LogP contribution in [0.3, 0.4) is 0 Å². The Morgan fingerprint density at radius 3 is 2.42 bits per heavy atom. The van der Waals surface area contributed by atoms with Crippen molar-refractivity contribution >= 4 is 24.1 Å². The Balaban J connectivity index is 1.70. The molecule has 0 aliphatic rings. The van der Waals surface area contributed by atoms with Gasteiger partial charge in [0.05, 0.1) is 30.9 Å². The lowest BCUT2D eigenvalue weighted by Crippen LogP contribution is -2.48. The van der Waals surface area contributed by atoms with Gasteiger partial charge in [-0.1, -0.05) is 69.5 Å². The van der Waals surface area contributed by atoms with Gasteiger partial charge < -0.3 is 26.4 Å². The molecule has 0 saturated heterocycles. The molecule has 0 unspecified atom stereocenters. The van der Waals surface area contributed by atoms with E-state index in [4.69, 9.17) is 15.3 Å². The standard InChI is InChI=1S/C36H48N6O6/c1-4-7-9-15-30(33(5-2)42(25-43)48-23-26-13-10-8-11-14-26)35(45)39-24-40-36(46)32-17-12-16-31(41-32)27-20-28(34(44)38-19-18-37)22-29(21-27)47-6-3/h8,10-14,16-17,20-22,25,30,33H,4-7,9,15,18-19,23-24,37H2,1-3H3,(H,38,44)(H,39,45)(H,40,46)/t30-,33-/m1/s1. The highest BCUT2D eigenvalue weighted by Crippen LogP contribution is 2.26. The van der Waals surface area contributed by atoms with Crippen molar-refractivity contribution in [2.75, 3.05) is 26.4 Å². The maximum absolute atomic E-state index is 13.5. The monoisotopic (exact) mass is 660 g/mol. The van der Waals surface area contributed by atoms with Crippen LogP contribution in [0, 0.1) is 5.92 Å². The molecule has 12 heteroatoms. The number of amides is 4. The molecule has 48 heavy (non-hydrogen) atoms. The van der Waals surface area contributed by atoms with Crippen LogP contribution in [0.15, 0.2) is 66.7 Å². The Morgan fingerprint density at radius 1 is 0.938 bits per heavy atom. The fraction of sp³-hybridized carbons (Fsp3) is 0.417. The average Bonchev–Trinajstić information content (AvgIpc) is 3.11. The second kappa shape index (κ2) is 20.4. The van der Waals surface area contributed by atoms with E-state index in [-0.39, 0.29) is 30.8 Å². The van der Waals surface area contributed by atoms with Crippen molar-refractivity contribution < 1.29 is 28.8 Å². The van der Waals surface area contributed by atoms with E-state index in [1.165, 1.54) is 5.06 Å². The largest absolute Gasteiger partial charge is 0.494 e. The Kier molecular flexibility index (Phi) is 16.0. The fourth-order valence-corrected chi connectivity index (χ4v) is 5.25. The number of nitrogens with one attached hydrogen (secondary N) is 3. The molecule has 12 nitrogen and oxygen atoms in total. The summed E-state index contributed by atoms with van der Waals surface area (Å²) in [5.41, 5.74) is 8.00. The van der Waals surface area contributed by atoms with Crippen LogP contribution in [0.2, 0.25) is 0 Å². The Bertz CT molecular complexity index is 1470. The van der Waals surface area contributed by atoms with Gasteiger partial charge in [0, 0.05) is 24.2 Å². The van der Waals surface area contributed by atoms with Crippen LogP contribution in [0.4, 0.5) is 0 Å². The summed E-state index contributed by atoms with van der Waals surface area (Å²) in [6, 6.07) is 19.1. The topological polar surface area (TPSA) is 165 Å². The summed E-state index contributed by atoms with van der Waals surface area (Å²) in [7, 11) is 0. The number of nitrogens with zero attached hydrogens (tertiary/aromatic N) is 2. The maximum atomic E-state index is 13.5. The second-order valence-electron chi connectivity index (χ2n) is 11.2. The molecule has 0 aliphatic heterocycles. The summed E-state index contributed by atoms with van der Waals surface area (Å²) in [6.07, 6.45) is 4.41. The molecule has 0 bridgehead atoms. The van der Waals surface area contributed by atoms with E-state index in [0.29, 0.717) is 61.5 Å². The number of carbonyl (C=O) groups is 4. The van der Waals surface area contributed by atoms with E-state index < -0.39 is 17.9 Å². The minimum Gasteiger partial charge on any atom is -0.494 e. The zero-order chi connectivity index (χ0) is 34.7. The number of carbonyl (C=O) groups excluding carboxylic acids is 4. The summed E-state index contributed by atoms with van der Waals surface area (Å²) in [5, 5.41) is 9.52. The average molecular weight is 661 g/mol. The van der Waals surface area contributed by atoms with Crippen LogP contribution in [-0.4, -0.2) is 66.6 Å². The molecule has 258 valence electrons. The SMILES string of the molecule is CCCCC[C@@H](C(=O)NCNC(=O)c1cccc(-c2cc(OCC)cc(C(=O)NCCN)c2)n1)[C@@H](CC)N(C=O)OCc1ccccc1. The van der Waals surface area contributed by atoms with E-state index in [2.05, 4.69) is 27.9 Å². The number of hydroxylamine groups is 2. The second-order valence-corrected chi connectivity index (χ2v) is 11.2. The number of rotatable bonds is 21. The molecule has 3 aromatic rings. The van der Waals surface area contributed by atoms with Crippen LogP contribution >= 0.6 is 0 Å². The number of hydrogen-bond acceptors (Lipinski definition) is 8. The first-order valence-electron chi connectivity index (χ1n) is 16.5. The zero-order valence-corrected chi connectivity index (χ0v) is 28.1. The minimum atomic E-state index is -0.547. The molecule has 0 saturated carbocycles. The van der Waals surface area contributed by atoms with Gasteiger partial charge in [-0.25, -0.2) is 10.0 Å². The van der Waals surface area contributed by atoms with Gasteiger partial charge in [0.2, 0.25) is 12.3 Å². The highest BCUT2D eigenvalue weighted by Gasteiger charge is 2.32. The molecule has 5 N–H and O–H groups in total. The van der Waals surface area contributed by atoms with Crippen molar-refractivity contribution in [3.8, 4) is 17.0 Å². The molecule has 1 aromatic heterocycles. The zero-order valence-electron chi connectivity index (χ0n) is 28.1. The number of nitrogens with two attached hydrogens (primary N) is 1.